The predicted octanol–water partition coefficient (Wildman–Crippen LogP) is 3.08. The molecule has 126 valence electrons. The van der Waals surface area contributed by atoms with Crippen molar-refractivity contribution >= 4 is 22.9 Å². The summed E-state index contributed by atoms with van der Waals surface area (Å²) in [4.78, 5) is 19.9. The van der Waals surface area contributed by atoms with E-state index in [1.54, 1.807) is 29.9 Å². The number of imidazole rings is 1. The number of hydrogen-bond acceptors (Lipinski definition) is 4. The topological polar surface area (TPSA) is 99.4 Å². The van der Waals surface area contributed by atoms with Crippen LogP contribution in [0.15, 0.2) is 24.3 Å². The molecule has 7 heteroatoms. The van der Waals surface area contributed by atoms with E-state index in [2.05, 4.69) is 26.5 Å². The zero-order valence-corrected chi connectivity index (χ0v) is 13.9. The van der Waals surface area contributed by atoms with Gasteiger partial charge >= 0.3 is 0 Å². The number of nitriles is 1. The Morgan fingerprint density at radius 3 is 2.92 bits per heavy atom. The van der Waals surface area contributed by atoms with Crippen LogP contribution in [0.2, 0.25) is 0 Å². The number of nitrogens with one attached hydrogen (secondary N) is 2. The molecule has 0 atom stereocenters. The molecule has 1 fully saturated rings. The van der Waals surface area contributed by atoms with Crippen molar-refractivity contribution < 1.29 is 4.79 Å². The van der Waals surface area contributed by atoms with Crippen molar-refractivity contribution in [3.05, 3.63) is 41.2 Å². The average Bonchev–Trinajstić information content (AvgIpc) is 3.32. The molecule has 1 amide bonds. The summed E-state index contributed by atoms with van der Waals surface area (Å²) in [6.45, 7) is 0. The van der Waals surface area contributed by atoms with Crippen molar-refractivity contribution in [2.45, 2.75) is 31.6 Å². The normalized spacial score (nSPS) is 14.7. The molecule has 7 nitrogen and oxygen atoms in total. The number of carbonyl (C=O) groups excluding carboxylic acids is 1. The van der Waals surface area contributed by atoms with Crippen molar-refractivity contribution in [2.24, 2.45) is 7.05 Å². The van der Waals surface area contributed by atoms with Gasteiger partial charge in [0.05, 0.1) is 28.4 Å². The molecule has 4 rings (SSSR count). The summed E-state index contributed by atoms with van der Waals surface area (Å²) in [6, 6.07) is 9.12. The smallest absolute Gasteiger partial charge is 0.276 e. The number of rotatable bonds is 3. The van der Waals surface area contributed by atoms with Crippen LogP contribution in [0.1, 0.15) is 53.3 Å². The number of carbonyl (C=O) groups is 1. The van der Waals surface area contributed by atoms with Gasteiger partial charge in [0.25, 0.3) is 5.91 Å². The summed E-state index contributed by atoms with van der Waals surface area (Å²) in [5.41, 5.74) is 3.47. The van der Waals surface area contributed by atoms with Crippen LogP contribution in [-0.4, -0.2) is 25.7 Å². The van der Waals surface area contributed by atoms with Gasteiger partial charge in [-0.3, -0.25) is 14.8 Å². The SMILES string of the molecule is Cn1nc(C2CCCC2)cc1C(=O)Nc1nc2ccc(C#N)cc2[nH]1. The molecule has 0 spiro atoms. The number of amides is 1. The van der Waals surface area contributed by atoms with E-state index in [-0.39, 0.29) is 5.91 Å². The number of nitrogens with zero attached hydrogens (tertiary/aromatic N) is 4. The highest BCUT2D eigenvalue weighted by atomic mass is 16.2. The van der Waals surface area contributed by atoms with Gasteiger partial charge in [-0.2, -0.15) is 10.4 Å². The molecule has 2 heterocycles. The summed E-state index contributed by atoms with van der Waals surface area (Å²) in [7, 11) is 1.78. The Morgan fingerprint density at radius 2 is 2.16 bits per heavy atom. The molecule has 0 unspecified atom stereocenters. The second-order valence-electron chi connectivity index (χ2n) is 6.44. The van der Waals surface area contributed by atoms with Crippen molar-refractivity contribution in [1.82, 2.24) is 19.7 Å². The zero-order chi connectivity index (χ0) is 17.4. The number of benzene rings is 1. The Bertz CT molecular complexity index is 987. The van der Waals surface area contributed by atoms with Gasteiger partial charge in [-0.15, -0.1) is 0 Å². The summed E-state index contributed by atoms with van der Waals surface area (Å²) >= 11 is 0. The van der Waals surface area contributed by atoms with Gasteiger partial charge in [-0.1, -0.05) is 12.8 Å². The quantitative estimate of drug-likeness (QED) is 0.769. The van der Waals surface area contributed by atoms with Gasteiger partial charge in [0.1, 0.15) is 5.69 Å². The largest absolute Gasteiger partial charge is 0.324 e. The lowest BCUT2D eigenvalue weighted by Gasteiger charge is -2.02. The third-order valence-electron chi connectivity index (χ3n) is 4.75. The first-order chi connectivity index (χ1) is 12.1. The maximum atomic E-state index is 12.6. The Kier molecular flexibility index (Phi) is 3.73. The van der Waals surface area contributed by atoms with Gasteiger partial charge in [-0.25, -0.2) is 4.98 Å². The summed E-state index contributed by atoms with van der Waals surface area (Å²) in [5, 5.41) is 16.2. The van der Waals surface area contributed by atoms with Gasteiger partial charge in [0.2, 0.25) is 5.95 Å². The van der Waals surface area contributed by atoms with Crippen LogP contribution < -0.4 is 5.32 Å². The minimum atomic E-state index is -0.251. The van der Waals surface area contributed by atoms with Crippen molar-refractivity contribution in [3.63, 3.8) is 0 Å². The van der Waals surface area contributed by atoms with Crippen LogP contribution in [0, 0.1) is 11.3 Å². The van der Waals surface area contributed by atoms with Crippen molar-refractivity contribution in [2.75, 3.05) is 5.32 Å². The molecule has 1 aliphatic carbocycles. The number of fused-ring (bicyclic) bond motifs is 1. The molecule has 25 heavy (non-hydrogen) atoms. The van der Waals surface area contributed by atoms with E-state index in [1.165, 1.54) is 12.8 Å². The number of anilines is 1. The molecule has 0 radical (unpaired) electrons. The van der Waals surface area contributed by atoms with Crippen LogP contribution in [0.25, 0.3) is 11.0 Å². The first-order valence-electron chi connectivity index (χ1n) is 8.39. The number of aromatic nitrogens is 4. The van der Waals surface area contributed by atoms with E-state index >= 15 is 0 Å². The third-order valence-corrected chi connectivity index (χ3v) is 4.75. The Balaban J connectivity index is 1.56. The van der Waals surface area contributed by atoms with Crippen LogP contribution in [0.5, 0.6) is 0 Å². The molecule has 0 bridgehead atoms. The molecular formula is C18H18N6O. The van der Waals surface area contributed by atoms with E-state index in [1.807, 2.05) is 6.07 Å². The van der Waals surface area contributed by atoms with Crippen LogP contribution in [0.3, 0.4) is 0 Å². The fraction of sp³-hybridized carbons (Fsp3) is 0.333. The molecule has 3 aromatic rings. The van der Waals surface area contributed by atoms with Gasteiger partial charge in [-0.05, 0) is 37.1 Å². The zero-order valence-electron chi connectivity index (χ0n) is 13.9. The van der Waals surface area contributed by atoms with Crippen LogP contribution in [0.4, 0.5) is 5.95 Å². The second-order valence-corrected chi connectivity index (χ2v) is 6.44. The minimum Gasteiger partial charge on any atom is -0.324 e. The minimum absolute atomic E-state index is 0.251. The fourth-order valence-corrected chi connectivity index (χ4v) is 3.43. The number of hydrogen-bond donors (Lipinski definition) is 2. The molecule has 2 aromatic heterocycles. The number of H-pyrrole nitrogens is 1. The molecule has 0 saturated heterocycles. The summed E-state index contributed by atoms with van der Waals surface area (Å²) in [5.74, 6) is 0.570. The van der Waals surface area contributed by atoms with Crippen LogP contribution >= 0.6 is 0 Å². The highest BCUT2D eigenvalue weighted by Crippen LogP contribution is 2.33. The van der Waals surface area contributed by atoms with E-state index in [4.69, 9.17) is 5.26 Å². The maximum Gasteiger partial charge on any atom is 0.276 e. The highest BCUT2D eigenvalue weighted by molar-refractivity contribution is 6.02. The molecular weight excluding hydrogens is 316 g/mol. The second kappa shape index (κ2) is 6.06. The van der Waals surface area contributed by atoms with Gasteiger partial charge in [0.15, 0.2) is 0 Å². The number of aryl methyl sites for hydroxylation is 1. The lowest BCUT2D eigenvalue weighted by molar-refractivity contribution is 0.101. The summed E-state index contributed by atoms with van der Waals surface area (Å²) in [6.07, 6.45) is 4.74. The molecule has 1 aromatic carbocycles. The highest BCUT2D eigenvalue weighted by Gasteiger charge is 2.23. The summed E-state index contributed by atoms with van der Waals surface area (Å²) < 4.78 is 1.62. The van der Waals surface area contributed by atoms with E-state index in [0.717, 1.165) is 18.5 Å². The van der Waals surface area contributed by atoms with E-state index in [9.17, 15) is 4.79 Å². The average molecular weight is 334 g/mol. The van der Waals surface area contributed by atoms with Gasteiger partial charge in [0, 0.05) is 13.0 Å². The Hall–Kier alpha value is -3.14. The third kappa shape index (κ3) is 2.87. The molecule has 1 saturated carbocycles. The monoisotopic (exact) mass is 334 g/mol. The molecule has 2 N–H and O–H groups in total. The Labute approximate surface area is 144 Å². The lowest BCUT2D eigenvalue weighted by Crippen LogP contribution is -2.16. The van der Waals surface area contributed by atoms with Crippen molar-refractivity contribution in [3.8, 4) is 6.07 Å². The first-order valence-corrected chi connectivity index (χ1v) is 8.39. The Morgan fingerprint density at radius 1 is 1.36 bits per heavy atom. The van der Waals surface area contributed by atoms with Crippen LogP contribution in [-0.2, 0) is 7.05 Å². The maximum absolute atomic E-state index is 12.6. The van der Waals surface area contributed by atoms with E-state index < -0.39 is 0 Å². The standard InChI is InChI=1S/C18H18N6O/c1-24-16(9-14(23-24)12-4-2-3-5-12)17(25)22-18-20-13-7-6-11(10-19)8-15(13)21-18/h6-9,12H,2-5H2,1H3,(H2,20,21,22,25). The predicted molar refractivity (Wildman–Crippen MR) is 93.2 cm³/mol. The molecule has 0 aliphatic heterocycles. The molecule has 1 aliphatic rings. The lowest BCUT2D eigenvalue weighted by atomic mass is 10.0. The van der Waals surface area contributed by atoms with E-state index in [0.29, 0.717) is 34.2 Å². The number of aromatic amines is 1. The fourth-order valence-electron chi connectivity index (χ4n) is 3.43. The van der Waals surface area contributed by atoms with Gasteiger partial charge < -0.3 is 4.98 Å². The van der Waals surface area contributed by atoms with Crippen molar-refractivity contribution in [1.29, 1.82) is 5.26 Å². The first kappa shape index (κ1) is 15.4.